The van der Waals surface area contributed by atoms with Crippen molar-refractivity contribution in [2.24, 2.45) is 5.89 Å². The molecule has 0 saturated carbocycles. The van der Waals surface area contributed by atoms with Gasteiger partial charge in [0.25, 0.3) is 0 Å². The van der Waals surface area contributed by atoms with Crippen LogP contribution in [0.3, 0.4) is 0 Å². The normalized spacial score (nSPS) is 11.5. The topological polar surface area (TPSA) is 180 Å². The number of hydrogen-bond donors (Lipinski definition) is 0. The first kappa shape index (κ1) is 92.3. The Morgan fingerprint density at radius 3 is 0.827 bits per heavy atom. The fraction of sp³-hybridized carbons (Fsp3) is 0.0783. The molecule has 20 aromatic rings. The van der Waals surface area contributed by atoms with Gasteiger partial charge in [-0.2, -0.15) is 0 Å². The van der Waals surface area contributed by atoms with E-state index in [0.717, 1.165) is 135 Å². The van der Waals surface area contributed by atoms with Crippen molar-refractivity contribution in [2.75, 3.05) is 0 Å². The average Bonchev–Trinajstić information content (AvgIpc) is 0.787. The Labute approximate surface area is 845 Å². The van der Waals surface area contributed by atoms with Gasteiger partial charge >= 0.3 is 0 Å². The SMILES string of the molecule is Cc1ncc(-c2ccnc(-c3[c-]cccc3)c2)cn1.Cc1nccc(-c2ccnc(-c3[c-]cccc3)c2)n1.[2H]C(C)(C)C([2H])([2H])c1cccc(-c2ccnc(-c3[c-]cccc3)c2)n1.[2H]C([2H])([2H])C([2H])(C)c1cccc(-c2ccnc(-c3[c-]cccc3)c2)n1.[Ir].[Ir].[Ir].[Ir].[c-]1ccccc1-c1ccccn1.[c-]1ccccc1-c1ccccn1.[c-]1ccccc1-c1ccccn1.[c-]1ccccc1-c1ccccn1. The molecule has 0 aliphatic rings. The fourth-order valence-electron chi connectivity index (χ4n) is 12.4. The van der Waals surface area contributed by atoms with Crippen molar-refractivity contribution in [1.29, 1.82) is 0 Å². The van der Waals surface area contributed by atoms with Crippen LogP contribution in [0.2, 0.25) is 0 Å². The molecule has 133 heavy (non-hydrogen) atoms. The number of aromatic nitrogens is 14. The molecule has 0 bridgehead atoms. The molecular formula is C115H92Ir4N14-8. The van der Waals surface area contributed by atoms with Crippen molar-refractivity contribution in [3.8, 4) is 135 Å². The summed E-state index contributed by atoms with van der Waals surface area (Å²) in [5.41, 5.74) is 22.5. The third kappa shape index (κ3) is 33.4. The number of pyridine rings is 10. The van der Waals surface area contributed by atoms with Gasteiger partial charge in [0.1, 0.15) is 11.6 Å². The molecule has 0 saturated heterocycles. The minimum absolute atomic E-state index is 0. The average molecular weight is 2450 g/mol. The van der Waals surface area contributed by atoms with Crippen molar-refractivity contribution in [3.63, 3.8) is 0 Å². The van der Waals surface area contributed by atoms with Gasteiger partial charge in [0.2, 0.25) is 0 Å². The van der Waals surface area contributed by atoms with E-state index in [1.807, 2.05) is 354 Å². The molecule has 0 N–H and O–H groups in total. The van der Waals surface area contributed by atoms with E-state index in [2.05, 4.69) is 118 Å². The number of benzene rings is 8. The van der Waals surface area contributed by atoms with Gasteiger partial charge in [-0.25, -0.2) is 19.9 Å². The minimum atomic E-state index is -2.46. The second-order valence-electron chi connectivity index (χ2n) is 28.4. The van der Waals surface area contributed by atoms with Crippen molar-refractivity contribution < 1.29 is 90.0 Å². The smallest absolute Gasteiger partial charge is 0.125 e. The summed E-state index contributed by atoms with van der Waals surface area (Å²) >= 11 is 0. The van der Waals surface area contributed by atoms with Crippen LogP contribution in [-0.4, -0.2) is 69.8 Å². The zero-order valence-corrected chi connectivity index (χ0v) is 82.6. The second-order valence-corrected chi connectivity index (χ2v) is 28.4. The minimum Gasteiger partial charge on any atom is -0.305 e. The van der Waals surface area contributed by atoms with Crippen molar-refractivity contribution in [3.05, 3.63) is 498 Å². The van der Waals surface area contributed by atoms with Gasteiger partial charge in [-0.3, -0.25) is 9.97 Å². The maximum atomic E-state index is 8.25. The van der Waals surface area contributed by atoms with Crippen LogP contribution in [0, 0.1) is 68.3 Å². The van der Waals surface area contributed by atoms with E-state index in [1.165, 1.54) is 6.92 Å². The quantitative estimate of drug-likeness (QED) is 0.0884. The molecule has 12 aromatic heterocycles. The van der Waals surface area contributed by atoms with E-state index < -0.39 is 25.0 Å². The Kier molecular flexibility index (Phi) is 39.3. The van der Waals surface area contributed by atoms with Gasteiger partial charge in [-0.1, -0.05) is 113 Å². The maximum Gasteiger partial charge on any atom is 0.125 e. The summed E-state index contributed by atoms with van der Waals surface area (Å²) in [6, 6.07) is 138. The first-order valence-corrected chi connectivity index (χ1v) is 41.4. The Bertz CT molecular complexity index is 6400. The Morgan fingerprint density at radius 2 is 0.526 bits per heavy atom. The molecule has 4 radical (unpaired) electrons. The summed E-state index contributed by atoms with van der Waals surface area (Å²) in [4.78, 5) is 60.3. The van der Waals surface area contributed by atoms with E-state index in [9.17, 15) is 0 Å². The van der Waals surface area contributed by atoms with E-state index in [-0.39, 0.29) is 91.8 Å². The van der Waals surface area contributed by atoms with Crippen LogP contribution in [0.4, 0.5) is 0 Å². The van der Waals surface area contributed by atoms with Crippen molar-refractivity contribution in [2.45, 2.75) is 53.7 Å². The van der Waals surface area contributed by atoms with E-state index >= 15 is 0 Å². The molecule has 12 heterocycles. The molecule has 1 unspecified atom stereocenters. The van der Waals surface area contributed by atoms with Gasteiger partial charge < -0.3 is 39.9 Å². The first-order valence-electron chi connectivity index (χ1n) is 44.9. The van der Waals surface area contributed by atoms with Crippen LogP contribution >= 0.6 is 0 Å². The van der Waals surface area contributed by atoms with Gasteiger partial charge in [-0.05, 0) is 179 Å². The van der Waals surface area contributed by atoms with Crippen LogP contribution < -0.4 is 0 Å². The van der Waals surface area contributed by atoms with Gasteiger partial charge in [-0.15, -0.1) is 287 Å². The van der Waals surface area contributed by atoms with Gasteiger partial charge in [0.05, 0.1) is 17.1 Å². The van der Waals surface area contributed by atoms with E-state index in [4.69, 9.17) is 9.60 Å². The molecule has 8 aromatic carbocycles. The largest absolute Gasteiger partial charge is 0.305 e. The third-order valence-electron chi connectivity index (χ3n) is 18.6. The molecule has 1 atom stereocenters. The predicted molar refractivity (Wildman–Crippen MR) is 519 cm³/mol. The van der Waals surface area contributed by atoms with Crippen LogP contribution in [-0.2, 0) is 86.8 Å². The first-order chi connectivity index (χ1) is 66.1. The maximum absolute atomic E-state index is 8.25. The van der Waals surface area contributed by atoms with E-state index in [0.29, 0.717) is 11.4 Å². The summed E-state index contributed by atoms with van der Waals surface area (Å²) in [5, 5.41) is 0. The summed E-state index contributed by atoms with van der Waals surface area (Å²) < 4.78 is 55.5. The molecule has 14 nitrogen and oxygen atoms in total. The van der Waals surface area contributed by atoms with Gasteiger partial charge in [0, 0.05) is 175 Å². The Morgan fingerprint density at radius 1 is 0.248 bits per heavy atom. The zero-order valence-electron chi connectivity index (χ0n) is 80.0. The standard InChI is InChI=1S/C20H19N2.C19H17N2.2C16H12N3.4C11H8N.4Ir/c1-15(2)13-18-9-6-10-19(22-18)17-11-12-21-20(14-17)16-7-4-3-5-8-16;1-14(2)17-9-6-10-18(21-17)16-11-12-20-19(13-16)15-7-4-3-5-8-15;1-12-17-10-8-15(19-12)14-7-9-18-16(11-14)13-5-3-2-4-6-13;1-12-18-10-15(11-19-12)14-7-8-17-16(9-14)13-5-3-2-4-6-13;4*1-2-6-10(7-3-1)11-8-4-5-9-12-11;;;;/h3-7,9-12,14-15H,13H2,1-2H3;3-7,9-14H,1-2H3;2*2-5,7-11H,1H3;4*1-6,8-9H;;;;/q8*-1;;;;/i13D2,15D;1D3,14D;;;;;;;;;;. The van der Waals surface area contributed by atoms with Crippen LogP contribution in [0.15, 0.2) is 426 Å². The number of nitrogens with zero attached hydrogens (tertiary/aromatic N) is 14. The van der Waals surface area contributed by atoms with Crippen LogP contribution in [0.25, 0.3) is 135 Å². The zero-order chi connectivity index (χ0) is 95.2. The summed E-state index contributed by atoms with van der Waals surface area (Å²) in [6.45, 7) is 5.77. The fourth-order valence-corrected chi connectivity index (χ4v) is 12.4. The molecule has 0 aliphatic heterocycles. The van der Waals surface area contributed by atoms with Crippen LogP contribution in [0.1, 0.15) is 66.1 Å². The number of rotatable bonds is 15. The predicted octanol–water partition coefficient (Wildman–Crippen LogP) is 26.4. The molecule has 20 rings (SSSR count). The van der Waals surface area contributed by atoms with Crippen molar-refractivity contribution in [1.82, 2.24) is 69.8 Å². The molecule has 0 fully saturated rings. The summed E-state index contributed by atoms with van der Waals surface area (Å²) in [6.07, 6.45) is 17.7. The Hall–Kier alpha value is -14.0. The van der Waals surface area contributed by atoms with Crippen LogP contribution in [0.5, 0.6) is 0 Å². The van der Waals surface area contributed by atoms with Crippen molar-refractivity contribution >= 4 is 0 Å². The number of hydrogen-bond acceptors (Lipinski definition) is 14. The molecular weight excluding hydrogens is 2350 g/mol. The molecule has 0 aliphatic carbocycles. The monoisotopic (exact) mass is 2450 g/mol. The molecule has 0 spiro atoms. The summed E-state index contributed by atoms with van der Waals surface area (Å²) in [5.74, 6) is -1.52. The molecule has 666 valence electrons. The molecule has 18 heteroatoms. The summed E-state index contributed by atoms with van der Waals surface area (Å²) in [7, 11) is 0. The van der Waals surface area contributed by atoms with Gasteiger partial charge in [0.15, 0.2) is 0 Å². The third-order valence-corrected chi connectivity index (χ3v) is 18.6. The van der Waals surface area contributed by atoms with E-state index in [1.54, 1.807) is 100.0 Å². The molecule has 0 amide bonds. The second kappa shape index (κ2) is 56.6. The number of aryl methyl sites for hydroxylation is 2. The Balaban J connectivity index is 0.000000181.